The van der Waals surface area contributed by atoms with Crippen molar-refractivity contribution in [2.75, 3.05) is 6.61 Å². The van der Waals surface area contributed by atoms with Crippen molar-refractivity contribution in [3.05, 3.63) is 60.7 Å². The van der Waals surface area contributed by atoms with Crippen LogP contribution in [0.15, 0.2) is 55.1 Å². The Morgan fingerprint density at radius 2 is 2.00 bits per heavy atom. The molecule has 0 spiro atoms. The Morgan fingerprint density at radius 3 is 2.68 bits per heavy atom. The van der Waals surface area contributed by atoms with E-state index in [9.17, 15) is 4.79 Å². The van der Waals surface area contributed by atoms with Crippen molar-refractivity contribution in [1.82, 2.24) is 0 Å². The lowest BCUT2D eigenvalue weighted by Gasteiger charge is -2.22. The van der Waals surface area contributed by atoms with Crippen LogP contribution in [-0.4, -0.2) is 18.7 Å². The SMILES string of the molecule is C=C[C@@H]1CC[C@H](C=CCOC(C)=O)[C@@H]1OCc1ccccc1. The molecule has 3 heteroatoms. The molecule has 1 aliphatic carbocycles. The quantitative estimate of drug-likeness (QED) is 0.566. The highest BCUT2D eigenvalue weighted by atomic mass is 16.5. The smallest absolute Gasteiger partial charge is 0.302 e. The van der Waals surface area contributed by atoms with Crippen LogP contribution in [0.2, 0.25) is 0 Å². The topological polar surface area (TPSA) is 35.5 Å². The molecule has 2 rings (SSSR count). The molecule has 0 aromatic heterocycles. The van der Waals surface area contributed by atoms with Crippen molar-refractivity contribution in [2.45, 2.75) is 32.5 Å². The number of hydrogen-bond acceptors (Lipinski definition) is 3. The zero-order valence-electron chi connectivity index (χ0n) is 13.1. The average molecular weight is 300 g/mol. The van der Waals surface area contributed by atoms with Gasteiger partial charge in [-0.2, -0.15) is 0 Å². The van der Waals surface area contributed by atoms with E-state index in [4.69, 9.17) is 9.47 Å². The summed E-state index contributed by atoms with van der Waals surface area (Å²) in [5, 5.41) is 0. The van der Waals surface area contributed by atoms with Gasteiger partial charge < -0.3 is 9.47 Å². The summed E-state index contributed by atoms with van der Waals surface area (Å²) >= 11 is 0. The van der Waals surface area contributed by atoms with E-state index in [2.05, 4.69) is 24.8 Å². The summed E-state index contributed by atoms with van der Waals surface area (Å²) in [7, 11) is 0. The Morgan fingerprint density at radius 1 is 1.27 bits per heavy atom. The average Bonchev–Trinajstić information content (AvgIpc) is 2.92. The molecule has 0 bridgehead atoms. The highest BCUT2D eigenvalue weighted by molar-refractivity contribution is 5.65. The lowest BCUT2D eigenvalue weighted by atomic mass is 10.00. The molecule has 118 valence electrons. The molecule has 1 aliphatic rings. The fourth-order valence-electron chi connectivity index (χ4n) is 2.90. The van der Waals surface area contributed by atoms with E-state index < -0.39 is 0 Å². The van der Waals surface area contributed by atoms with Crippen molar-refractivity contribution >= 4 is 5.97 Å². The molecule has 0 saturated heterocycles. The number of carbonyl (C=O) groups is 1. The van der Waals surface area contributed by atoms with E-state index in [1.807, 2.05) is 30.4 Å². The van der Waals surface area contributed by atoms with Crippen LogP contribution in [0.3, 0.4) is 0 Å². The van der Waals surface area contributed by atoms with Crippen molar-refractivity contribution in [2.24, 2.45) is 11.8 Å². The van der Waals surface area contributed by atoms with Crippen LogP contribution in [-0.2, 0) is 20.9 Å². The third kappa shape index (κ3) is 4.85. The van der Waals surface area contributed by atoms with E-state index in [1.54, 1.807) is 0 Å². The fourth-order valence-corrected chi connectivity index (χ4v) is 2.90. The summed E-state index contributed by atoms with van der Waals surface area (Å²) in [5.74, 6) is 0.478. The molecular formula is C19H24O3. The summed E-state index contributed by atoms with van der Waals surface area (Å²) in [6, 6.07) is 10.2. The van der Waals surface area contributed by atoms with Crippen LogP contribution in [0.1, 0.15) is 25.3 Å². The van der Waals surface area contributed by atoms with Gasteiger partial charge in [-0.05, 0) is 18.4 Å². The standard InChI is InChI=1S/C19H24O3/c1-3-17-11-12-18(10-7-13-21-15(2)20)19(17)22-14-16-8-5-4-6-9-16/h3-10,17-19H,1,11-14H2,2H3/t17-,18+,19-/m1/s1. The van der Waals surface area contributed by atoms with Gasteiger partial charge in [-0.3, -0.25) is 4.79 Å². The van der Waals surface area contributed by atoms with Crippen LogP contribution < -0.4 is 0 Å². The molecule has 0 N–H and O–H groups in total. The summed E-state index contributed by atoms with van der Waals surface area (Å²) in [6.07, 6.45) is 8.33. The fraction of sp³-hybridized carbons (Fsp3) is 0.421. The monoisotopic (exact) mass is 300 g/mol. The molecule has 1 aromatic rings. The number of ether oxygens (including phenoxy) is 2. The predicted octanol–water partition coefficient (Wildman–Crippen LogP) is 3.90. The van der Waals surface area contributed by atoms with Gasteiger partial charge >= 0.3 is 5.97 Å². The van der Waals surface area contributed by atoms with Crippen LogP contribution in [0.25, 0.3) is 0 Å². The Bertz CT molecular complexity index is 507. The molecule has 1 saturated carbocycles. The van der Waals surface area contributed by atoms with Gasteiger partial charge in [0, 0.05) is 18.8 Å². The molecule has 3 atom stereocenters. The van der Waals surface area contributed by atoms with Crippen molar-refractivity contribution in [3.8, 4) is 0 Å². The van der Waals surface area contributed by atoms with Crippen LogP contribution in [0.5, 0.6) is 0 Å². The highest BCUT2D eigenvalue weighted by Gasteiger charge is 2.33. The minimum absolute atomic E-state index is 0.145. The zero-order valence-corrected chi connectivity index (χ0v) is 13.1. The molecule has 1 fully saturated rings. The number of hydrogen-bond donors (Lipinski definition) is 0. The van der Waals surface area contributed by atoms with E-state index in [-0.39, 0.29) is 12.1 Å². The Balaban J connectivity index is 1.91. The molecule has 0 aliphatic heterocycles. The van der Waals surface area contributed by atoms with E-state index in [0.717, 1.165) is 12.8 Å². The first-order valence-electron chi connectivity index (χ1n) is 7.79. The van der Waals surface area contributed by atoms with E-state index in [1.165, 1.54) is 12.5 Å². The summed E-state index contributed by atoms with van der Waals surface area (Å²) < 4.78 is 11.1. The maximum absolute atomic E-state index is 10.8. The first-order valence-corrected chi connectivity index (χ1v) is 7.79. The van der Waals surface area contributed by atoms with Crippen molar-refractivity contribution < 1.29 is 14.3 Å². The van der Waals surface area contributed by atoms with E-state index in [0.29, 0.717) is 25.0 Å². The molecule has 22 heavy (non-hydrogen) atoms. The minimum atomic E-state index is -0.253. The summed E-state index contributed by atoms with van der Waals surface area (Å²) in [5.41, 5.74) is 1.18. The Labute approximate surface area is 132 Å². The molecule has 0 unspecified atom stereocenters. The van der Waals surface area contributed by atoms with Gasteiger partial charge in [0.05, 0.1) is 12.7 Å². The normalized spacial score (nSPS) is 24.5. The van der Waals surface area contributed by atoms with Gasteiger partial charge in [0.1, 0.15) is 6.61 Å². The van der Waals surface area contributed by atoms with Gasteiger partial charge in [0.25, 0.3) is 0 Å². The Hall–Kier alpha value is -1.87. The largest absolute Gasteiger partial charge is 0.462 e. The first kappa shape index (κ1) is 16.5. The Kier molecular flexibility index (Phi) is 6.41. The van der Waals surface area contributed by atoms with Crippen LogP contribution in [0, 0.1) is 11.8 Å². The van der Waals surface area contributed by atoms with Gasteiger partial charge in [0.2, 0.25) is 0 Å². The third-order valence-electron chi connectivity index (χ3n) is 4.03. The maximum Gasteiger partial charge on any atom is 0.302 e. The summed E-state index contributed by atoms with van der Waals surface area (Å²) in [4.78, 5) is 10.8. The van der Waals surface area contributed by atoms with Crippen molar-refractivity contribution in [1.29, 1.82) is 0 Å². The van der Waals surface area contributed by atoms with Gasteiger partial charge in [-0.15, -0.1) is 6.58 Å². The lowest BCUT2D eigenvalue weighted by Crippen LogP contribution is -2.23. The number of rotatable bonds is 7. The molecule has 0 radical (unpaired) electrons. The molecule has 0 amide bonds. The molecular weight excluding hydrogens is 276 g/mol. The van der Waals surface area contributed by atoms with Gasteiger partial charge in [-0.25, -0.2) is 0 Å². The second-order valence-corrected chi connectivity index (χ2v) is 5.63. The number of benzene rings is 1. The minimum Gasteiger partial charge on any atom is -0.462 e. The van der Waals surface area contributed by atoms with Gasteiger partial charge in [0.15, 0.2) is 0 Å². The highest BCUT2D eigenvalue weighted by Crippen LogP contribution is 2.35. The third-order valence-corrected chi connectivity index (χ3v) is 4.03. The van der Waals surface area contributed by atoms with E-state index >= 15 is 0 Å². The molecule has 0 heterocycles. The predicted molar refractivity (Wildman–Crippen MR) is 87.2 cm³/mol. The molecule has 1 aromatic carbocycles. The number of esters is 1. The summed E-state index contributed by atoms with van der Waals surface area (Å²) in [6.45, 7) is 6.29. The number of carbonyl (C=O) groups excluding carboxylic acids is 1. The molecule has 3 nitrogen and oxygen atoms in total. The first-order chi connectivity index (χ1) is 10.7. The van der Waals surface area contributed by atoms with Gasteiger partial charge in [-0.1, -0.05) is 48.6 Å². The van der Waals surface area contributed by atoms with Crippen LogP contribution in [0.4, 0.5) is 0 Å². The zero-order chi connectivity index (χ0) is 15.8. The lowest BCUT2D eigenvalue weighted by molar-refractivity contribution is -0.139. The second kappa shape index (κ2) is 8.54. The van der Waals surface area contributed by atoms with Crippen molar-refractivity contribution in [3.63, 3.8) is 0 Å². The second-order valence-electron chi connectivity index (χ2n) is 5.63. The van der Waals surface area contributed by atoms with Crippen LogP contribution >= 0.6 is 0 Å². The maximum atomic E-state index is 10.8.